The van der Waals surface area contributed by atoms with Gasteiger partial charge in [0.15, 0.2) is 0 Å². The molecule has 0 spiro atoms. The van der Waals surface area contributed by atoms with E-state index in [1.54, 1.807) is 0 Å². The zero-order valence-corrected chi connectivity index (χ0v) is 9.22. The van der Waals surface area contributed by atoms with Crippen LogP contribution in [-0.2, 0) is 4.74 Å². The maximum Gasteiger partial charge on any atom is 0.573 e. The van der Waals surface area contributed by atoms with Gasteiger partial charge >= 0.3 is 12.3 Å². The van der Waals surface area contributed by atoms with Gasteiger partial charge in [-0.3, -0.25) is 0 Å². The quantitative estimate of drug-likeness (QED) is 0.662. The lowest BCUT2D eigenvalue weighted by Crippen LogP contribution is -2.20. The van der Waals surface area contributed by atoms with Gasteiger partial charge in [-0.15, -0.1) is 13.2 Å². The van der Waals surface area contributed by atoms with Crippen molar-refractivity contribution in [2.24, 2.45) is 0 Å². The molecule has 0 aliphatic heterocycles. The Bertz CT molecular complexity index is 448. The Labute approximate surface area is 99.1 Å². The number of nitrogen functional groups attached to an aromatic ring is 1. The van der Waals surface area contributed by atoms with Gasteiger partial charge in [-0.05, 0) is 12.1 Å². The Morgan fingerprint density at radius 3 is 2.47 bits per heavy atom. The third kappa shape index (κ3) is 3.16. The average Bonchev–Trinajstić information content (AvgIpc) is 2.21. The number of hydrogen-bond acceptors (Lipinski definition) is 4. The summed E-state index contributed by atoms with van der Waals surface area (Å²) in [5.41, 5.74) is 4.51. The first-order valence-corrected chi connectivity index (χ1v) is 4.56. The number of alkyl halides is 3. The van der Waals surface area contributed by atoms with Gasteiger partial charge in [0.05, 0.1) is 17.8 Å². The number of carbonyl (C=O) groups excluding carboxylic acids is 1. The highest BCUT2D eigenvalue weighted by Gasteiger charge is 2.34. The van der Waals surface area contributed by atoms with Crippen LogP contribution in [0.15, 0.2) is 12.1 Å². The average molecular weight is 270 g/mol. The number of benzene rings is 1. The van der Waals surface area contributed by atoms with Crippen LogP contribution in [0.4, 0.5) is 18.9 Å². The van der Waals surface area contributed by atoms with Crippen molar-refractivity contribution in [1.29, 1.82) is 0 Å². The molecule has 0 fully saturated rings. The molecule has 0 atom stereocenters. The van der Waals surface area contributed by atoms with Gasteiger partial charge < -0.3 is 15.2 Å². The molecule has 0 amide bonds. The van der Waals surface area contributed by atoms with E-state index in [-0.39, 0.29) is 10.7 Å². The van der Waals surface area contributed by atoms with Crippen molar-refractivity contribution in [3.8, 4) is 5.75 Å². The summed E-state index contributed by atoms with van der Waals surface area (Å²) in [4.78, 5) is 11.3. The highest BCUT2D eigenvalue weighted by molar-refractivity contribution is 6.34. The molecule has 0 aromatic heterocycles. The predicted molar refractivity (Wildman–Crippen MR) is 53.9 cm³/mol. The van der Waals surface area contributed by atoms with Crippen LogP contribution in [0.3, 0.4) is 0 Å². The number of nitrogens with two attached hydrogens (primary N) is 1. The van der Waals surface area contributed by atoms with Crippen molar-refractivity contribution < 1.29 is 27.4 Å². The fourth-order valence-electron chi connectivity index (χ4n) is 1.10. The summed E-state index contributed by atoms with van der Waals surface area (Å²) in [6.45, 7) is 0. The van der Waals surface area contributed by atoms with E-state index in [2.05, 4.69) is 9.47 Å². The van der Waals surface area contributed by atoms with E-state index in [0.29, 0.717) is 0 Å². The van der Waals surface area contributed by atoms with Crippen LogP contribution in [0.2, 0.25) is 5.02 Å². The normalized spacial score (nSPS) is 11.1. The number of esters is 1. The summed E-state index contributed by atoms with van der Waals surface area (Å²) >= 11 is 5.59. The highest BCUT2D eigenvalue weighted by Crippen LogP contribution is 2.34. The second-order valence-corrected chi connectivity index (χ2v) is 3.28. The summed E-state index contributed by atoms with van der Waals surface area (Å²) in [6.07, 6.45) is -4.94. The number of halogens is 4. The van der Waals surface area contributed by atoms with Gasteiger partial charge in [-0.2, -0.15) is 0 Å². The third-order valence-corrected chi connectivity index (χ3v) is 2.10. The largest absolute Gasteiger partial charge is 0.573 e. The molecule has 0 unspecified atom stereocenters. The molecule has 0 bridgehead atoms. The van der Waals surface area contributed by atoms with Gasteiger partial charge in [-0.1, -0.05) is 11.6 Å². The minimum Gasteiger partial charge on any atom is -0.465 e. The zero-order chi connectivity index (χ0) is 13.2. The van der Waals surface area contributed by atoms with Gasteiger partial charge in [0.25, 0.3) is 0 Å². The molecular weight excluding hydrogens is 263 g/mol. The van der Waals surface area contributed by atoms with Gasteiger partial charge in [0.1, 0.15) is 11.3 Å². The monoisotopic (exact) mass is 269 g/mol. The fourth-order valence-corrected chi connectivity index (χ4v) is 1.25. The summed E-state index contributed by atoms with van der Waals surface area (Å²) in [6, 6.07) is 1.98. The van der Waals surface area contributed by atoms with Crippen LogP contribution in [0, 0.1) is 0 Å². The van der Waals surface area contributed by atoms with Crippen molar-refractivity contribution >= 4 is 23.3 Å². The van der Waals surface area contributed by atoms with Crippen LogP contribution < -0.4 is 10.5 Å². The Morgan fingerprint density at radius 2 is 2.00 bits per heavy atom. The molecule has 0 aliphatic rings. The molecule has 1 aromatic carbocycles. The molecule has 94 valence electrons. The molecule has 2 N–H and O–H groups in total. The van der Waals surface area contributed by atoms with E-state index < -0.39 is 23.6 Å². The number of ether oxygens (including phenoxy) is 2. The van der Waals surface area contributed by atoms with Crippen molar-refractivity contribution in [3.05, 3.63) is 22.7 Å². The first-order chi connectivity index (χ1) is 7.76. The Kier molecular flexibility index (Phi) is 3.72. The van der Waals surface area contributed by atoms with Crippen molar-refractivity contribution in [3.63, 3.8) is 0 Å². The first-order valence-electron chi connectivity index (χ1n) is 4.18. The molecule has 17 heavy (non-hydrogen) atoms. The number of hydrogen-bond donors (Lipinski definition) is 1. The molecule has 0 saturated heterocycles. The SMILES string of the molecule is COC(=O)c1c(OC(F)(F)F)ccc(Cl)c1N. The van der Waals surface area contributed by atoms with Crippen molar-refractivity contribution in [1.82, 2.24) is 0 Å². The lowest BCUT2D eigenvalue weighted by molar-refractivity contribution is -0.274. The molecule has 1 rings (SSSR count). The maximum atomic E-state index is 12.1. The summed E-state index contributed by atoms with van der Waals surface area (Å²) in [7, 11) is 1.00. The third-order valence-electron chi connectivity index (χ3n) is 1.77. The Morgan fingerprint density at radius 1 is 1.41 bits per heavy atom. The fraction of sp³-hybridized carbons (Fsp3) is 0.222. The zero-order valence-electron chi connectivity index (χ0n) is 8.47. The molecular formula is C9H7ClF3NO3. The lowest BCUT2D eigenvalue weighted by Gasteiger charge is -2.14. The molecule has 0 heterocycles. The topological polar surface area (TPSA) is 61.5 Å². The molecule has 1 aromatic rings. The van der Waals surface area contributed by atoms with E-state index >= 15 is 0 Å². The van der Waals surface area contributed by atoms with Gasteiger partial charge in [0, 0.05) is 0 Å². The summed E-state index contributed by atoms with van der Waals surface area (Å²) in [5.74, 6) is -1.82. The van der Waals surface area contributed by atoms with Crippen LogP contribution in [0.25, 0.3) is 0 Å². The van der Waals surface area contributed by atoms with E-state index in [9.17, 15) is 18.0 Å². The molecule has 0 aliphatic carbocycles. The van der Waals surface area contributed by atoms with Crippen LogP contribution in [-0.4, -0.2) is 19.4 Å². The van der Waals surface area contributed by atoms with E-state index in [0.717, 1.165) is 19.2 Å². The number of anilines is 1. The predicted octanol–water partition coefficient (Wildman–Crippen LogP) is 2.61. The Balaban J connectivity index is 3.30. The molecule has 0 saturated carbocycles. The summed E-state index contributed by atoms with van der Waals surface area (Å²) < 4.78 is 44.2. The van der Waals surface area contributed by atoms with Gasteiger partial charge in [0.2, 0.25) is 0 Å². The molecule has 0 radical (unpaired) electrons. The standard InChI is InChI=1S/C9H7ClF3NO3/c1-16-8(15)6-5(17-9(11,12)13)3-2-4(10)7(6)14/h2-3H,14H2,1H3. The first kappa shape index (κ1) is 13.4. The van der Waals surface area contributed by atoms with Crippen LogP contribution >= 0.6 is 11.6 Å². The molecule has 8 heteroatoms. The Hall–Kier alpha value is -1.63. The number of methoxy groups -OCH3 is 1. The van der Waals surface area contributed by atoms with E-state index in [1.165, 1.54) is 0 Å². The highest BCUT2D eigenvalue weighted by atomic mass is 35.5. The van der Waals surface area contributed by atoms with Crippen molar-refractivity contribution in [2.75, 3.05) is 12.8 Å². The lowest BCUT2D eigenvalue weighted by atomic mass is 10.1. The van der Waals surface area contributed by atoms with Crippen molar-refractivity contribution in [2.45, 2.75) is 6.36 Å². The second-order valence-electron chi connectivity index (χ2n) is 2.87. The summed E-state index contributed by atoms with van der Waals surface area (Å²) in [5, 5.41) is -0.0695. The van der Waals surface area contributed by atoms with Crippen LogP contribution in [0.1, 0.15) is 10.4 Å². The van der Waals surface area contributed by atoms with E-state index in [4.69, 9.17) is 17.3 Å². The maximum absolute atomic E-state index is 12.1. The number of carbonyl (C=O) groups is 1. The van der Waals surface area contributed by atoms with E-state index in [1.807, 2.05) is 0 Å². The number of rotatable bonds is 2. The minimum atomic E-state index is -4.94. The van der Waals surface area contributed by atoms with Crippen LogP contribution in [0.5, 0.6) is 5.75 Å². The van der Waals surface area contributed by atoms with Gasteiger partial charge in [-0.25, -0.2) is 4.79 Å². The minimum absolute atomic E-state index is 0.0695. The second kappa shape index (κ2) is 4.70. The smallest absolute Gasteiger partial charge is 0.465 e. The molecule has 4 nitrogen and oxygen atoms in total.